The molecule has 0 amide bonds. The Hall–Kier alpha value is -1.32. The van der Waals surface area contributed by atoms with Gasteiger partial charge in [-0.05, 0) is 12.3 Å². The van der Waals surface area contributed by atoms with Crippen LogP contribution in [-0.4, -0.2) is 22.6 Å². The maximum Gasteiger partial charge on any atom is 0.356 e. The second-order valence-corrected chi connectivity index (χ2v) is 4.34. The van der Waals surface area contributed by atoms with E-state index < -0.39 is 0 Å². The van der Waals surface area contributed by atoms with E-state index >= 15 is 0 Å². The van der Waals surface area contributed by atoms with Crippen molar-refractivity contribution in [3.05, 3.63) is 18.2 Å². The first-order valence-electron chi connectivity index (χ1n) is 6.31. The van der Waals surface area contributed by atoms with Crippen molar-refractivity contribution in [1.29, 1.82) is 0 Å². The minimum absolute atomic E-state index is 0.312. The van der Waals surface area contributed by atoms with Gasteiger partial charge in [0, 0.05) is 6.54 Å². The van der Waals surface area contributed by atoms with E-state index in [1.807, 2.05) is 4.57 Å². The third-order valence-electron chi connectivity index (χ3n) is 3.11. The molecule has 17 heavy (non-hydrogen) atoms. The van der Waals surface area contributed by atoms with E-state index in [9.17, 15) is 4.79 Å². The molecule has 0 fully saturated rings. The summed E-state index contributed by atoms with van der Waals surface area (Å²) in [6.45, 7) is 5.24. The standard InChI is InChI=1S/C13H22N2O2/c1-4-6-7-11(5-2)9-15-10-14-8-12(15)13(16)17-3/h8,10-11H,4-7,9H2,1-3H3. The zero-order valence-corrected chi connectivity index (χ0v) is 11.0. The second-order valence-electron chi connectivity index (χ2n) is 4.34. The summed E-state index contributed by atoms with van der Waals surface area (Å²) in [4.78, 5) is 15.5. The van der Waals surface area contributed by atoms with E-state index in [1.165, 1.54) is 26.4 Å². The number of carbonyl (C=O) groups is 1. The predicted octanol–water partition coefficient (Wildman–Crippen LogP) is 2.89. The smallest absolute Gasteiger partial charge is 0.356 e. The Morgan fingerprint density at radius 1 is 1.53 bits per heavy atom. The molecule has 1 aromatic rings. The van der Waals surface area contributed by atoms with Gasteiger partial charge >= 0.3 is 5.97 Å². The normalized spacial score (nSPS) is 12.4. The van der Waals surface area contributed by atoms with Crippen molar-refractivity contribution >= 4 is 5.97 Å². The number of esters is 1. The number of carbonyl (C=O) groups excluding carboxylic acids is 1. The first-order chi connectivity index (χ1) is 8.22. The van der Waals surface area contributed by atoms with Gasteiger partial charge in [0.1, 0.15) is 5.69 Å². The monoisotopic (exact) mass is 238 g/mol. The van der Waals surface area contributed by atoms with Crippen molar-refractivity contribution in [2.45, 2.75) is 46.1 Å². The molecule has 0 aromatic carbocycles. The minimum Gasteiger partial charge on any atom is -0.464 e. The highest BCUT2D eigenvalue weighted by atomic mass is 16.5. The lowest BCUT2D eigenvalue weighted by Gasteiger charge is -2.16. The van der Waals surface area contributed by atoms with Crippen LogP contribution in [0.4, 0.5) is 0 Å². The summed E-state index contributed by atoms with van der Waals surface area (Å²) in [5, 5.41) is 0. The highest BCUT2D eigenvalue weighted by molar-refractivity contribution is 5.87. The molecule has 1 heterocycles. The van der Waals surface area contributed by atoms with Crippen LogP contribution in [-0.2, 0) is 11.3 Å². The number of hydrogen-bond donors (Lipinski definition) is 0. The summed E-state index contributed by atoms with van der Waals surface area (Å²) in [7, 11) is 1.40. The molecule has 1 aromatic heterocycles. The Kier molecular flexibility index (Phi) is 5.73. The summed E-state index contributed by atoms with van der Waals surface area (Å²) >= 11 is 0. The van der Waals surface area contributed by atoms with Crippen LogP contribution in [0.2, 0.25) is 0 Å². The van der Waals surface area contributed by atoms with Crippen LogP contribution in [0.1, 0.15) is 50.0 Å². The number of aromatic nitrogens is 2. The summed E-state index contributed by atoms with van der Waals surface area (Å²) in [5.74, 6) is 0.292. The molecule has 0 spiro atoms. The number of unbranched alkanes of at least 4 members (excludes halogenated alkanes) is 1. The molecule has 0 radical (unpaired) electrons. The van der Waals surface area contributed by atoms with E-state index in [0.29, 0.717) is 11.6 Å². The number of nitrogens with zero attached hydrogens (tertiary/aromatic N) is 2. The van der Waals surface area contributed by atoms with Gasteiger partial charge in [-0.25, -0.2) is 9.78 Å². The minimum atomic E-state index is -0.312. The van der Waals surface area contributed by atoms with Crippen LogP contribution in [0.5, 0.6) is 0 Å². The predicted molar refractivity (Wildman–Crippen MR) is 66.9 cm³/mol. The van der Waals surface area contributed by atoms with E-state index in [0.717, 1.165) is 13.0 Å². The fraction of sp³-hybridized carbons (Fsp3) is 0.692. The van der Waals surface area contributed by atoms with Crippen LogP contribution >= 0.6 is 0 Å². The molecule has 1 atom stereocenters. The molecule has 0 bridgehead atoms. The van der Waals surface area contributed by atoms with E-state index in [-0.39, 0.29) is 5.97 Å². The highest BCUT2D eigenvalue weighted by Crippen LogP contribution is 2.16. The third kappa shape index (κ3) is 3.88. The Bertz CT molecular complexity index is 347. The number of hydrogen-bond acceptors (Lipinski definition) is 3. The molecular weight excluding hydrogens is 216 g/mol. The van der Waals surface area contributed by atoms with Crippen LogP contribution in [0.25, 0.3) is 0 Å². The van der Waals surface area contributed by atoms with Gasteiger partial charge in [-0.15, -0.1) is 0 Å². The third-order valence-corrected chi connectivity index (χ3v) is 3.11. The van der Waals surface area contributed by atoms with Gasteiger partial charge in [-0.2, -0.15) is 0 Å². The molecule has 0 saturated heterocycles. The Balaban J connectivity index is 2.66. The lowest BCUT2D eigenvalue weighted by molar-refractivity contribution is 0.0587. The SMILES string of the molecule is CCCCC(CC)Cn1cncc1C(=O)OC. The maximum absolute atomic E-state index is 11.5. The molecule has 0 N–H and O–H groups in total. The van der Waals surface area contributed by atoms with Gasteiger partial charge in [-0.3, -0.25) is 0 Å². The zero-order valence-electron chi connectivity index (χ0n) is 11.0. The second kappa shape index (κ2) is 7.09. The van der Waals surface area contributed by atoms with Gasteiger partial charge in [0.05, 0.1) is 19.6 Å². The highest BCUT2D eigenvalue weighted by Gasteiger charge is 2.14. The average Bonchev–Trinajstić information content (AvgIpc) is 2.81. The summed E-state index contributed by atoms with van der Waals surface area (Å²) in [5.41, 5.74) is 0.544. The average molecular weight is 238 g/mol. The van der Waals surface area contributed by atoms with Gasteiger partial charge < -0.3 is 9.30 Å². The quantitative estimate of drug-likeness (QED) is 0.686. The van der Waals surface area contributed by atoms with Crippen molar-refractivity contribution < 1.29 is 9.53 Å². The molecule has 96 valence electrons. The molecule has 1 rings (SSSR count). The number of ether oxygens (including phenoxy) is 1. The number of methoxy groups -OCH3 is 1. The Morgan fingerprint density at radius 3 is 2.88 bits per heavy atom. The van der Waals surface area contributed by atoms with Crippen molar-refractivity contribution in [3.8, 4) is 0 Å². The van der Waals surface area contributed by atoms with Crippen LogP contribution in [0.3, 0.4) is 0 Å². The van der Waals surface area contributed by atoms with Crippen molar-refractivity contribution in [2.75, 3.05) is 7.11 Å². The van der Waals surface area contributed by atoms with Crippen LogP contribution in [0.15, 0.2) is 12.5 Å². The van der Waals surface area contributed by atoms with E-state index in [1.54, 1.807) is 12.5 Å². The molecule has 0 aliphatic rings. The Labute approximate surface area is 103 Å². The van der Waals surface area contributed by atoms with E-state index in [2.05, 4.69) is 18.8 Å². The summed E-state index contributed by atoms with van der Waals surface area (Å²) in [6.07, 6.45) is 8.05. The van der Waals surface area contributed by atoms with Gasteiger partial charge in [0.25, 0.3) is 0 Å². The molecule has 0 saturated carbocycles. The maximum atomic E-state index is 11.5. The van der Waals surface area contributed by atoms with Gasteiger partial charge in [-0.1, -0.05) is 33.1 Å². The summed E-state index contributed by atoms with van der Waals surface area (Å²) < 4.78 is 6.63. The topological polar surface area (TPSA) is 44.1 Å². The van der Waals surface area contributed by atoms with Crippen LogP contribution < -0.4 is 0 Å². The lowest BCUT2D eigenvalue weighted by Crippen LogP contribution is -2.15. The zero-order chi connectivity index (χ0) is 12.7. The molecule has 1 unspecified atom stereocenters. The fourth-order valence-corrected chi connectivity index (χ4v) is 1.94. The van der Waals surface area contributed by atoms with Crippen molar-refractivity contribution in [3.63, 3.8) is 0 Å². The molecule has 0 aliphatic carbocycles. The van der Waals surface area contributed by atoms with Gasteiger partial charge in [0.2, 0.25) is 0 Å². The number of rotatable bonds is 7. The van der Waals surface area contributed by atoms with Crippen molar-refractivity contribution in [1.82, 2.24) is 9.55 Å². The number of imidazole rings is 1. The first kappa shape index (κ1) is 13.7. The molecule has 4 heteroatoms. The molecular formula is C13H22N2O2. The summed E-state index contributed by atoms with van der Waals surface area (Å²) in [6, 6.07) is 0. The Morgan fingerprint density at radius 2 is 2.29 bits per heavy atom. The molecule has 0 aliphatic heterocycles. The molecule has 4 nitrogen and oxygen atoms in total. The lowest BCUT2D eigenvalue weighted by atomic mass is 9.99. The van der Waals surface area contributed by atoms with Gasteiger partial charge in [0.15, 0.2) is 0 Å². The first-order valence-corrected chi connectivity index (χ1v) is 6.31. The largest absolute Gasteiger partial charge is 0.464 e. The van der Waals surface area contributed by atoms with Crippen LogP contribution in [0, 0.1) is 5.92 Å². The fourth-order valence-electron chi connectivity index (χ4n) is 1.94. The van der Waals surface area contributed by atoms with Crippen molar-refractivity contribution in [2.24, 2.45) is 5.92 Å². The van der Waals surface area contributed by atoms with E-state index in [4.69, 9.17) is 4.74 Å².